The smallest absolute Gasteiger partial charge is 0.264 e. The second-order valence-electron chi connectivity index (χ2n) is 8.15. The predicted molar refractivity (Wildman–Crippen MR) is 113 cm³/mol. The van der Waals surface area contributed by atoms with Crippen LogP contribution >= 0.6 is 0 Å². The summed E-state index contributed by atoms with van der Waals surface area (Å²) in [5, 5.41) is 6.92. The third kappa shape index (κ3) is 3.35. The molecule has 3 heterocycles. The maximum Gasteiger partial charge on any atom is 0.264 e. The topological polar surface area (TPSA) is 81.3 Å². The number of benzene rings is 2. The summed E-state index contributed by atoms with van der Waals surface area (Å²) in [4.78, 5) is 34.2. The third-order valence-corrected chi connectivity index (χ3v) is 6.02. The van der Waals surface area contributed by atoms with Crippen LogP contribution in [0.3, 0.4) is 0 Å². The van der Waals surface area contributed by atoms with Crippen molar-refractivity contribution in [2.45, 2.75) is 32.4 Å². The lowest BCUT2D eigenvalue weighted by atomic mass is 9.98. The van der Waals surface area contributed by atoms with Crippen molar-refractivity contribution in [3.05, 3.63) is 65.5 Å². The molecule has 2 aromatic carbocycles. The van der Waals surface area contributed by atoms with Gasteiger partial charge in [-0.15, -0.1) is 0 Å². The minimum Gasteiger partial charge on any atom is -0.342 e. The molecule has 7 nitrogen and oxygen atoms in total. The summed E-state index contributed by atoms with van der Waals surface area (Å²) in [6.07, 6.45) is 1.44. The molecule has 1 fully saturated rings. The fourth-order valence-electron chi connectivity index (χ4n) is 4.43. The number of hydrogen-bond acceptors (Lipinski definition) is 4. The normalized spacial score (nSPS) is 20.0. The fourth-order valence-corrected chi connectivity index (χ4v) is 4.43. The highest BCUT2D eigenvalue weighted by molar-refractivity contribution is 5.90. The van der Waals surface area contributed by atoms with Crippen molar-refractivity contribution >= 4 is 22.8 Å². The molecule has 0 unspecified atom stereocenters. The van der Waals surface area contributed by atoms with Crippen molar-refractivity contribution in [2.75, 3.05) is 13.1 Å². The van der Waals surface area contributed by atoms with Gasteiger partial charge in [0, 0.05) is 32.0 Å². The van der Waals surface area contributed by atoms with Gasteiger partial charge in [0.25, 0.3) is 5.91 Å². The summed E-state index contributed by atoms with van der Waals surface area (Å²) in [6, 6.07) is 15.1. The van der Waals surface area contributed by atoms with Crippen molar-refractivity contribution in [1.29, 1.82) is 0 Å². The molecule has 0 spiro atoms. The number of nitrogens with one attached hydrogen (secondary N) is 2. The molecule has 2 atom stereocenters. The Labute approximate surface area is 175 Å². The van der Waals surface area contributed by atoms with Crippen LogP contribution in [0.15, 0.2) is 48.5 Å². The summed E-state index contributed by atoms with van der Waals surface area (Å²) in [5.74, 6) is 0.263. The number of hydrazine groups is 1. The number of fused-ring (bicyclic) bond motifs is 3. The van der Waals surface area contributed by atoms with E-state index in [1.807, 2.05) is 55.5 Å². The van der Waals surface area contributed by atoms with Crippen LogP contribution in [-0.2, 0) is 22.6 Å². The largest absolute Gasteiger partial charge is 0.342 e. The first-order valence-corrected chi connectivity index (χ1v) is 10.5. The van der Waals surface area contributed by atoms with Gasteiger partial charge in [-0.3, -0.25) is 14.6 Å². The van der Waals surface area contributed by atoms with E-state index >= 15 is 0 Å². The van der Waals surface area contributed by atoms with Crippen LogP contribution in [-0.4, -0.2) is 44.9 Å². The number of carbonyl (C=O) groups excluding carboxylic acids is 2. The zero-order chi connectivity index (χ0) is 20.7. The number of carbonyl (C=O) groups is 2. The Morgan fingerprint density at radius 3 is 2.87 bits per heavy atom. The summed E-state index contributed by atoms with van der Waals surface area (Å²) in [6.45, 7) is 4.14. The third-order valence-electron chi connectivity index (χ3n) is 6.02. The molecule has 1 saturated heterocycles. The van der Waals surface area contributed by atoms with E-state index in [9.17, 15) is 9.59 Å². The Morgan fingerprint density at radius 1 is 1.20 bits per heavy atom. The lowest BCUT2D eigenvalue weighted by Gasteiger charge is -2.28. The maximum absolute atomic E-state index is 13.3. The Balaban J connectivity index is 1.36. The van der Waals surface area contributed by atoms with Gasteiger partial charge in [-0.1, -0.05) is 43.3 Å². The molecule has 0 saturated carbocycles. The predicted octanol–water partition coefficient (Wildman–Crippen LogP) is 2.56. The quantitative estimate of drug-likeness (QED) is 0.702. The molecule has 5 rings (SSSR count). The van der Waals surface area contributed by atoms with Crippen molar-refractivity contribution in [2.24, 2.45) is 5.92 Å². The minimum atomic E-state index is -0.657. The van der Waals surface area contributed by atoms with E-state index in [0.717, 1.165) is 41.0 Å². The van der Waals surface area contributed by atoms with Crippen LogP contribution < -0.4 is 5.32 Å². The molecule has 2 amide bonds. The summed E-state index contributed by atoms with van der Waals surface area (Å²) >= 11 is 0. The standard InChI is InChI=1S/C23H25N5O2/c1-15(13-20-24-18-9-4-5-10-19(18)25-20)22(29)26-21-17-8-3-2-7-16(17)14-27-11-6-12-28(27)23(21)30/h2-5,7-10,15,21H,6,11-14H2,1H3,(H,24,25)(H,26,29)/t15-,21+/m1/s1. The average molecular weight is 403 g/mol. The number of aromatic nitrogens is 2. The second kappa shape index (κ2) is 7.57. The Kier molecular flexibility index (Phi) is 4.75. The SMILES string of the molecule is C[C@H](Cc1nc2ccccc2[nH]1)C(=O)N[C@@H]1C(=O)N2CCCN2Cc2ccccc21. The maximum atomic E-state index is 13.3. The van der Waals surface area contributed by atoms with Crippen LogP contribution in [0, 0.1) is 5.92 Å². The molecule has 2 N–H and O–H groups in total. The first-order chi connectivity index (χ1) is 14.6. The zero-order valence-electron chi connectivity index (χ0n) is 17.0. The molecule has 7 heteroatoms. The number of nitrogens with zero attached hydrogens (tertiary/aromatic N) is 3. The van der Waals surface area contributed by atoms with E-state index in [2.05, 4.69) is 20.3 Å². The van der Waals surface area contributed by atoms with Gasteiger partial charge in [0.15, 0.2) is 0 Å². The molecular weight excluding hydrogens is 378 g/mol. The van der Waals surface area contributed by atoms with Crippen LogP contribution in [0.5, 0.6) is 0 Å². The molecule has 0 radical (unpaired) electrons. The molecule has 3 aromatic rings. The first-order valence-electron chi connectivity index (χ1n) is 10.5. The Bertz CT molecular complexity index is 1070. The second-order valence-corrected chi connectivity index (χ2v) is 8.15. The van der Waals surface area contributed by atoms with E-state index in [1.54, 1.807) is 5.01 Å². The molecule has 0 bridgehead atoms. The molecule has 30 heavy (non-hydrogen) atoms. The van der Waals surface area contributed by atoms with Crippen LogP contribution in [0.1, 0.15) is 36.3 Å². The average Bonchev–Trinajstić information content (AvgIpc) is 3.35. The van der Waals surface area contributed by atoms with Crippen molar-refractivity contribution in [1.82, 2.24) is 25.3 Å². The molecule has 2 aliphatic rings. The van der Waals surface area contributed by atoms with Gasteiger partial charge in [0.2, 0.25) is 5.91 Å². The lowest BCUT2D eigenvalue weighted by molar-refractivity contribution is -0.148. The molecular formula is C23H25N5O2. The lowest BCUT2D eigenvalue weighted by Crippen LogP contribution is -2.46. The van der Waals surface area contributed by atoms with Gasteiger partial charge in [0.1, 0.15) is 11.9 Å². The van der Waals surface area contributed by atoms with Gasteiger partial charge < -0.3 is 10.3 Å². The first kappa shape index (κ1) is 18.8. The van der Waals surface area contributed by atoms with Crippen LogP contribution in [0.4, 0.5) is 0 Å². The van der Waals surface area contributed by atoms with E-state index in [-0.39, 0.29) is 17.7 Å². The monoisotopic (exact) mass is 403 g/mol. The number of para-hydroxylation sites is 2. The van der Waals surface area contributed by atoms with Crippen LogP contribution in [0.2, 0.25) is 0 Å². The minimum absolute atomic E-state index is 0.0539. The highest BCUT2D eigenvalue weighted by atomic mass is 16.2. The number of aromatic amines is 1. The Morgan fingerprint density at radius 2 is 2.00 bits per heavy atom. The highest BCUT2D eigenvalue weighted by Gasteiger charge is 2.38. The number of amides is 2. The van der Waals surface area contributed by atoms with Crippen LogP contribution in [0.25, 0.3) is 11.0 Å². The number of rotatable bonds is 4. The Hall–Kier alpha value is -3.19. The number of imidazole rings is 1. The highest BCUT2D eigenvalue weighted by Crippen LogP contribution is 2.30. The summed E-state index contributed by atoms with van der Waals surface area (Å²) in [5.41, 5.74) is 3.83. The number of H-pyrrole nitrogens is 1. The molecule has 0 aliphatic carbocycles. The zero-order valence-corrected chi connectivity index (χ0v) is 17.0. The van der Waals surface area contributed by atoms with Crippen molar-refractivity contribution in [3.63, 3.8) is 0 Å². The van der Waals surface area contributed by atoms with Crippen molar-refractivity contribution in [3.8, 4) is 0 Å². The van der Waals surface area contributed by atoms with Crippen molar-refractivity contribution < 1.29 is 9.59 Å². The molecule has 1 aromatic heterocycles. The van der Waals surface area contributed by atoms with E-state index in [4.69, 9.17) is 0 Å². The van der Waals surface area contributed by atoms with Gasteiger partial charge in [0.05, 0.1) is 11.0 Å². The van der Waals surface area contributed by atoms with Gasteiger partial charge in [-0.05, 0) is 29.7 Å². The van der Waals surface area contributed by atoms with Gasteiger partial charge in [-0.2, -0.15) is 0 Å². The number of hydrogen-bond donors (Lipinski definition) is 2. The van der Waals surface area contributed by atoms with Gasteiger partial charge in [-0.25, -0.2) is 9.99 Å². The molecule has 154 valence electrons. The fraction of sp³-hybridized carbons (Fsp3) is 0.348. The molecule has 2 aliphatic heterocycles. The summed E-state index contributed by atoms with van der Waals surface area (Å²) in [7, 11) is 0. The van der Waals surface area contributed by atoms with E-state index in [0.29, 0.717) is 19.5 Å². The van der Waals surface area contributed by atoms with Gasteiger partial charge >= 0.3 is 0 Å². The van der Waals surface area contributed by atoms with E-state index in [1.165, 1.54) is 0 Å². The summed E-state index contributed by atoms with van der Waals surface area (Å²) < 4.78 is 0. The van der Waals surface area contributed by atoms with E-state index < -0.39 is 6.04 Å².